The monoisotopic (exact) mass is 232 g/mol. The Kier molecular flexibility index (Phi) is 4.58. The lowest BCUT2D eigenvalue weighted by atomic mass is 10.2. The Balaban J connectivity index is 2.56. The Hall–Kier alpha value is -0.380. The number of halogens is 1. The van der Waals surface area contributed by atoms with E-state index in [1.165, 1.54) is 11.3 Å². The summed E-state index contributed by atoms with van der Waals surface area (Å²) in [7, 11) is 0. The van der Waals surface area contributed by atoms with E-state index in [0.29, 0.717) is 15.8 Å². The molecule has 0 aliphatic rings. The summed E-state index contributed by atoms with van der Waals surface area (Å²) >= 11 is 7.03. The van der Waals surface area contributed by atoms with Crippen molar-refractivity contribution in [3.63, 3.8) is 0 Å². The van der Waals surface area contributed by atoms with Crippen molar-refractivity contribution in [3.8, 4) is 0 Å². The first kappa shape index (κ1) is 11.7. The van der Waals surface area contributed by atoms with Crippen molar-refractivity contribution >= 4 is 28.7 Å². The van der Waals surface area contributed by atoms with Gasteiger partial charge in [0.1, 0.15) is 6.10 Å². The van der Waals surface area contributed by atoms with Gasteiger partial charge in [-0.1, -0.05) is 18.5 Å². The van der Waals surface area contributed by atoms with E-state index in [4.69, 9.17) is 16.3 Å². The molecule has 1 unspecified atom stereocenters. The minimum atomic E-state index is -0.371. The molecular weight excluding hydrogens is 220 g/mol. The Morgan fingerprint density at radius 1 is 1.64 bits per heavy atom. The zero-order chi connectivity index (χ0) is 10.6. The van der Waals surface area contributed by atoms with Crippen molar-refractivity contribution in [2.75, 3.05) is 6.61 Å². The molecule has 1 heterocycles. The highest BCUT2D eigenvalue weighted by Crippen LogP contribution is 2.23. The lowest BCUT2D eigenvalue weighted by Gasteiger charge is -2.09. The molecule has 0 aromatic carbocycles. The number of ketones is 1. The molecule has 0 fully saturated rings. The minimum Gasteiger partial charge on any atom is -0.370 e. The third kappa shape index (κ3) is 3.08. The van der Waals surface area contributed by atoms with E-state index >= 15 is 0 Å². The van der Waals surface area contributed by atoms with Gasteiger partial charge in [-0.3, -0.25) is 4.79 Å². The number of ether oxygens (including phenoxy) is 1. The standard InChI is InChI=1S/C10H13ClO2S/c1-3-6-13-7(2)10(12)8-4-5-9(11)14-8/h4-5,7H,3,6H2,1-2H3. The van der Waals surface area contributed by atoms with Gasteiger partial charge in [-0.2, -0.15) is 0 Å². The summed E-state index contributed by atoms with van der Waals surface area (Å²) < 4.78 is 5.97. The minimum absolute atomic E-state index is 0.00958. The molecule has 14 heavy (non-hydrogen) atoms. The second-order valence-corrected chi connectivity index (χ2v) is 4.70. The fourth-order valence-corrected chi connectivity index (χ4v) is 2.08. The van der Waals surface area contributed by atoms with Crippen LogP contribution in [0.2, 0.25) is 4.34 Å². The summed E-state index contributed by atoms with van der Waals surface area (Å²) in [6.45, 7) is 4.40. The predicted octanol–water partition coefficient (Wildman–Crippen LogP) is 3.40. The first-order chi connectivity index (χ1) is 6.65. The van der Waals surface area contributed by atoms with E-state index in [1.807, 2.05) is 6.92 Å². The molecule has 1 atom stereocenters. The summed E-state index contributed by atoms with van der Waals surface area (Å²) in [4.78, 5) is 12.4. The van der Waals surface area contributed by atoms with Crippen LogP contribution in [0.25, 0.3) is 0 Å². The highest BCUT2D eigenvalue weighted by molar-refractivity contribution is 7.18. The van der Waals surface area contributed by atoms with Crippen molar-refractivity contribution in [2.24, 2.45) is 0 Å². The Morgan fingerprint density at radius 2 is 2.36 bits per heavy atom. The molecule has 0 bridgehead atoms. The lowest BCUT2D eigenvalue weighted by molar-refractivity contribution is 0.0483. The molecule has 1 aromatic rings. The van der Waals surface area contributed by atoms with Gasteiger partial charge in [-0.25, -0.2) is 0 Å². The number of hydrogen-bond donors (Lipinski definition) is 0. The second-order valence-electron chi connectivity index (χ2n) is 2.98. The van der Waals surface area contributed by atoms with Gasteiger partial charge in [-0.05, 0) is 25.5 Å². The van der Waals surface area contributed by atoms with Gasteiger partial charge in [0.05, 0.1) is 9.21 Å². The second kappa shape index (κ2) is 5.49. The third-order valence-electron chi connectivity index (χ3n) is 1.76. The van der Waals surface area contributed by atoms with Crippen LogP contribution in [0.15, 0.2) is 12.1 Å². The van der Waals surface area contributed by atoms with Crippen LogP contribution in [0.3, 0.4) is 0 Å². The van der Waals surface area contributed by atoms with Crippen molar-refractivity contribution in [1.29, 1.82) is 0 Å². The smallest absolute Gasteiger partial charge is 0.201 e. The number of Topliss-reactive ketones (excluding diaryl/α,β-unsaturated/α-hetero) is 1. The SMILES string of the molecule is CCCOC(C)C(=O)c1ccc(Cl)s1. The van der Waals surface area contributed by atoms with E-state index in [2.05, 4.69) is 0 Å². The maximum atomic E-state index is 11.7. The number of carbonyl (C=O) groups is 1. The number of hydrogen-bond acceptors (Lipinski definition) is 3. The molecule has 0 radical (unpaired) electrons. The van der Waals surface area contributed by atoms with Gasteiger partial charge in [-0.15, -0.1) is 11.3 Å². The van der Waals surface area contributed by atoms with Gasteiger partial charge in [0.15, 0.2) is 0 Å². The Labute approximate surface area is 92.8 Å². The highest BCUT2D eigenvalue weighted by atomic mass is 35.5. The van der Waals surface area contributed by atoms with Gasteiger partial charge in [0, 0.05) is 6.61 Å². The number of rotatable bonds is 5. The van der Waals surface area contributed by atoms with E-state index < -0.39 is 0 Å². The quantitative estimate of drug-likeness (QED) is 0.728. The van der Waals surface area contributed by atoms with E-state index in [0.717, 1.165) is 6.42 Å². The van der Waals surface area contributed by atoms with Crippen molar-refractivity contribution in [3.05, 3.63) is 21.3 Å². The summed E-state index contributed by atoms with van der Waals surface area (Å²) in [5.41, 5.74) is 0. The molecule has 0 spiro atoms. The van der Waals surface area contributed by atoms with Crippen LogP contribution in [0.5, 0.6) is 0 Å². The summed E-state index contributed by atoms with van der Waals surface area (Å²) in [5.74, 6) is 0.00958. The third-order valence-corrected chi connectivity index (χ3v) is 3.00. The molecule has 1 aromatic heterocycles. The molecule has 0 aliphatic carbocycles. The summed E-state index contributed by atoms with van der Waals surface area (Å²) in [6, 6.07) is 3.47. The van der Waals surface area contributed by atoms with Crippen LogP contribution in [0.4, 0.5) is 0 Å². The highest BCUT2D eigenvalue weighted by Gasteiger charge is 2.16. The van der Waals surface area contributed by atoms with Crippen LogP contribution in [-0.4, -0.2) is 18.5 Å². The zero-order valence-corrected chi connectivity index (χ0v) is 9.82. The zero-order valence-electron chi connectivity index (χ0n) is 8.25. The van der Waals surface area contributed by atoms with Gasteiger partial charge in [0.2, 0.25) is 5.78 Å². The van der Waals surface area contributed by atoms with Crippen LogP contribution in [0, 0.1) is 0 Å². The Morgan fingerprint density at radius 3 is 2.86 bits per heavy atom. The van der Waals surface area contributed by atoms with Gasteiger partial charge >= 0.3 is 0 Å². The number of thiophene rings is 1. The molecule has 78 valence electrons. The molecule has 0 saturated carbocycles. The van der Waals surface area contributed by atoms with Crippen LogP contribution < -0.4 is 0 Å². The molecule has 1 rings (SSSR count). The van der Waals surface area contributed by atoms with Gasteiger partial charge in [0.25, 0.3) is 0 Å². The molecule has 2 nitrogen and oxygen atoms in total. The average Bonchev–Trinajstić information content (AvgIpc) is 2.60. The average molecular weight is 233 g/mol. The molecule has 0 N–H and O–H groups in total. The maximum Gasteiger partial charge on any atom is 0.201 e. The molecule has 4 heteroatoms. The first-order valence-electron chi connectivity index (χ1n) is 4.56. The maximum absolute atomic E-state index is 11.7. The summed E-state index contributed by atoms with van der Waals surface area (Å²) in [6.07, 6.45) is 0.549. The largest absolute Gasteiger partial charge is 0.370 e. The number of carbonyl (C=O) groups excluding carboxylic acids is 1. The molecule has 0 amide bonds. The van der Waals surface area contributed by atoms with Crippen molar-refractivity contribution in [2.45, 2.75) is 26.4 Å². The van der Waals surface area contributed by atoms with E-state index in [9.17, 15) is 4.79 Å². The Bertz CT molecular complexity index is 309. The van der Waals surface area contributed by atoms with Crippen LogP contribution in [0.1, 0.15) is 29.9 Å². The molecule has 0 aliphatic heterocycles. The van der Waals surface area contributed by atoms with E-state index in [1.54, 1.807) is 19.1 Å². The van der Waals surface area contributed by atoms with E-state index in [-0.39, 0.29) is 11.9 Å². The predicted molar refractivity (Wildman–Crippen MR) is 59.4 cm³/mol. The first-order valence-corrected chi connectivity index (χ1v) is 5.75. The fourth-order valence-electron chi connectivity index (χ4n) is 1.02. The van der Waals surface area contributed by atoms with Crippen molar-refractivity contribution in [1.82, 2.24) is 0 Å². The van der Waals surface area contributed by atoms with Crippen LogP contribution >= 0.6 is 22.9 Å². The van der Waals surface area contributed by atoms with Gasteiger partial charge < -0.3 is 4.74 Å². The topological polar surface area (TPSA) is 26.3 Å². The lowest BCUT2D eigenvalue weighted by Crippen LogP contribution is -2.20. The summed E-state index contributed by atoms with van der Waals surface area (Å²) in [5, 5.41) is 0. The van der Waals surface area contributed by atoms with Crippen LogP contribution in [-0.2, 0) is 4.74 Å². The molecule has 0 saturated heterocycles. The molecular formula is C10H13ClO2S. The fraction of sp³-hybridized carbons (Fsp3) is 0.500. The normalized spacial score (nSPS) is 12.8. The van der Waals surface area contributed by atoms with Crippen molar-refractivity contribution < 1.29 is 9.53 Å².